The van der Waals surface area contributed by atoms with Crippen LogP contribution in [0.2, 0.25) is 0 Å². The van der Waals surface area contributed by atoms with Gasteiger partial charge >= 0.3 is 0 Å². The molecule has 0 radical (unpaired) electrons. The van der Waals surface area contributed by atoms with Crippen molar-refractivity contribution in [3.63, 3.8) is 0 Å². The number of ether oxygens (including phenoxy) is 1. The van der Waals surface area contributed by atoms with Crippen molar-refractivity contribution in [3.8, 4) is 17.3 Å². The van der Waals surface area contributed by atoms with Crippen LogP contribution in [0.1, 0.15) is 50.4 Å². The summed E-state index contributed by atoms with van der Waals surface area (Å²) < 4.78 is 35.9. The zero-order valence-corrected chi connectivity index (χ0v) is 21.7. The number of fused-ring (bicyclic) bond motifs is 2. The lowest BCUT2D eigenvalue weighted by Crippen LogP contribution is -2.28. The number of rotatable bonds is 7. The number of carbonyl (C=O) groups is 1. The van der Waals surface area contributed by atoms with E-state index >= 15 is 0 Å². The third kappa shape index (κ3) is 3.95. The lowest BCUT2D eigenvalue weighted by Gasteiger charge is -2.20. The molecule has 2 aliphatic rings. The van der Waals surface area contributed by atoms with Crippen LogP contribution in [-0.2, 0) is 16.8 Å². The number of pyridine rings is 1. The van der Waals surface area contributed by atoms with Gasteiger partial charge < -0.3 is 15.4 Å². The fourth-order valence-corrected chi connectivity index (χ4v) is 4.80. The number of imidazole rings is 1. The van der Waals surface area contributed by atoms with Crippen LogP contribution < -0.4 is 15.4 Å². The summed E-state index contributed by atoms with van der Waals surface area (Å²) in [5.74, 6) is 0.379. The number of amides is 1. The number of hydrogen-bond donors (Lipinski definition) is 2. The number of anilines is 2. The van der Waals surface area contributed by atoms with E-state index in [1.807, 2.05) is 20.8 Å². The van der Waals surface area contributed by atoms with E-state index in [1.165, 1.54) is 18.2 Å². The molecule has 0 spiro atoms. The van der Waals surface area contributed by atoms with Crippen LogP contribution in [-0.4, -0.2) is 31.8 Å². The molecule has 1 saturated carbocycles. The highest BCUT2D eigenvalue weighted by atomic mass is 19.1. The molecule has 6 rings (SSSR count). The van der Waals surface area contributed by atoms with Crippen molar-refractivity contribution in [2.24, 2.45) is 5.41 Å². The van der Waals surface area contributed by atoms with Gasteiger partial charge in [0.15, 0.2) is 17.2 Å². The summed E-state index contributed by atoms with van der Waals surface area (Å²) in [5.41, 5.74) is 1.77. The van der Waals surface area contributed by atoms with Crippen LogP contribution in [0.25, 0.3) is 17.2 Å². The van der Waals surface area contributed by atoms with Gasteiger partial charge in [0, 0.05) is 12.7 Å². The first-order valence-corrected chi connectivity index (χ1v) is 12.6. The molecule has 0 unspecified atom stereocenters. The number of aryl methyl sites for hydroxylation is 1. The molecule has 8 nitrogen and oxygen atoms in total. The number of carbonyl (C=O) groups excluding carboxylic acids is 1. The average Bonchev–Trinajstić information content (AvgIpc) is 3.43. The second-order valence-corrected chi connectivity index (χ2v) is 11.0. The van der Waals surface area contributed by atoms with Crippen LogP contribution >= 0.6 is 0 Å². The minimum Gasteiger partial charge on any atom is -0.485 e. The molecule has 38 heavy (non-hydrogen) atoms. The Kier molecular flexibility index (Phi) is 5.41. The van der Waals surface area contributed by atoms with Crippen molar-refractivity contribution in [1.82, 2.24) is 19.4 Å². The highest BCUT2D eigenvalue weighted by Gasteiger charge is 2.44. The third-order valence-electron chi connectivity index (χ3n) is 7.55. The smallest absolute Gasteiger partial charge is 0.235 e. The standard InChI is InChI=1S/C28H28F2N6O2/c1-15-21(36-12-6-9-19(25(36)32-15)38-13-16-17(29)7-5-8-18(16)30)24-33-22(31-14-28(4)10-11-28)20-23(34-24)35-26(37)27(20,2)3/h5-9,12H,10-11,13-14H2,1-4H3,(H2,31,33,34,35,37). The van der Waals surface area contributed by atoms with Crippen LogP contribution in [0, 0.1) is 24.0 Å². The number of nitrogens with one attached hydrogen (secondary N) is 2. The maximum atomic E-state index is 14.1. The lowest BCUT2D eigenvalue weighted by atomic mass is 9.87. The van der Waals surface area contributed by atoms with E-state index in [4.69, 9.17) is 14.7 Å². The van der Waals surface area contributed by atoms with Crippen molar-refractivity contribution < 1.29 is 18.3 Å². The van der Waals surface area contributed by atoms with Gasteiger partial charge in [0.25, 0.3) is 0 Å². The first-order valence-electron chi connectivity index (χ1n) is 12.6. The second kappa shape index (κ2) is 8.47. The van der Waals surface area contributed by atoms with E-state index < -0.39 is 17.0 Å². The number of nitrogens with zero attached hydrogens (tertiary/aromatic N) is 4. The topological polar surface area (TPSA) is 93.4 Å². The van der Waals surface area contributed by atoms with Crippen molar-refractivity contribution in [2.75, 3.05) is 17.2 Å². The molecule has 2 N–H and O–H groups in total. The summed E-state index contributed by atoms with van der Waals surface area (Å²) in [6.07, 6.45) is 4.10. The van der Waals surface area contributed by atoms with Gasteiger partial charge in [0.1, 0.15) is 35.6 Å². The van der Waals surface area contributed by atoms with Crippen molar-refractivity contribution in [3.05, 3.63) is 65.0 Å². The Morgan fingerprint density at radius 3 is 2.53 bits per heavy atom. The minimum absolute atomic E-state index is 0.134. The van der Waals surface area contributed by atoms with Crippen LogP contribution in [0.3, 0.4) is 0 Å². The minimum atomic E-state index is -0.780. The Balaban J connectivity index is 1.41. The first kappa shape index (κ1) is 24.3. The molecule has 1 aromatic carbocycles. The summed E-state index contributed by atoms with van der Waals surface area (Å²) in [6, 6.07) is 7.16. The fourth-order valence-electron chi connectivity index (χ4n) is 4.80. The highest BCUT2D eigenvalue weighted by molar-refractivity contribution is 6.06. The van der Waals surface area contributed by atoms with Crippen molar-refractivity contribution in [2.45, 2.75) is 52.6 Å². The maximum absolute atomic E-state index is 14.1. The van der Waals surface area contributed by atoms with Gasteiger partial charge in [-0.3, -0.25) is 9.20 Å². The molecule has 3 aromatic heterocycles. The molecular weight excluding hydrogens is 490 g/mol. The van der Waals surface area contributed by atoms with Gasteiger partial charge in [-0.15, -0.1) is 0 Å². The van der Waals surface area contributed by atoms with Crippen LogP contribution in [0.15, 0.2) is 36.5 Å². The SMILES string of the molecule is Cc1nc2c(OCc3c(F)cccc3F)cccn2c1-c1nc(NCC2(C)CC2)c2c(n1)NC(=O)C2(C)C. The summed E-state index contributed by atoms with van der Waals surface area (Å²) in [6.45, 7) is 8.24. The first-order chi connectivity index (χ1) is 18.1. The largest absolute Gasteiger partial charge is 0.485 e. The van der Waals surface area contributed by atoms with Gasteiger partial charge in [-0.05, 0) is 63.3 Å². The molecule has 0 atom stereocenters. The summed E-state index contributed by atoms with van der Waals surface area (Å²) >= 11 is 0. The quantitative estimate of drug-likeness (QED) is 0.340. The van der Waals surface area contributed by atoms with E-state index in [2.05, 4.69) is 22.5 Å². The zero-order chi connectivity index (χ0) is 26.8. The number of aromatic nitrogens is 4. The molecule has 4 heterocycles. The molecule has 4 aromatic rings. The van der Waals surface area contributed by atoms with Gasteiger partial charge in [-0.1, -0.05) is 13.0 Å². The van der Waals surface area contributed by atoms with Crippen molar-refractivity contribution >= 4 is 23.2 Å². The Morgan fingerprint density at radius 1 is 1.08 bits per heavy atom. The predicted octanol–water partition coefficient (Wildman–Crippen LogP) is 5.40. The second-order valence-electron chi connectivity index (χ2n) is 11.0. The van der Waals surface area contributed by atoms with Crippen LogP contribution in [0.4, 0.5) is 20.4 Å². The Labute approximate surface area is 218 Å². The zero-order valence-electron chi connectivity index (χ0n) is 21.7. The molecule has 1 aliphatic carbocycles. The normalized spacial score (nSPS) is 16.8. The highest BCUT2D eigenvalue weighted by Crippen LogP contribution is 2.46. The Bertz CT molecular complexity index is 1590. The Morgan fingerprint density at radius 2 is 1.82 bits per heavy atom. The Hall–Kier alpha value is -4.08. The monoisotopic (exact) mass is 518 g/mol. The third-order valence-corrected chi connectivity index (χ3v) is 7.55. The van der Waals surface area contributed by atoms with Gasteiger partial charge in [0.05, 0.1) is 22.2 Å². The average molecular weight is 519 g/mol. The molecule has 196 valence electrons. The molecule has 1 amide bonds. The van der Waals surface area contributed by atoms with E-state index in [9.17, 15) is 13.6 Å². The van der Waals surface area contributed by atoms with E-state index in [-0.39, 0.29) is 23.5 Å². The molecule has 10 heteroatoms. The summed E-state index contributed by atoms with van der Waals surface area (Å²) in [4.78, 5) is 27.1. The van der Waals surface area contributed by atoms with E-state index in [0.717, 1.165) is 24.9 Å². The predicted molar refractivity (Wildman–Crippen MR) is 139 cm³/mol. The summed E-state index contributed by atoms with van der Waals surface area (Å²) in [5, 5.41) is 6.40. The summed E-state index contributed by atoms with van der Waals surface area (Å²) in [7, 11) is 0. The van der Waals surface area contributed by atoms with Gasteiger partial charge in [-0.25, -0.2) is 23.7 Å². The molecular formula is C28H28F2N6O2. The molecule has 1 aliphatic heterocycles. The fraction of sp³-hybridized carbons (Fsp3) is 0.357. The molecule has 0 saturated heterocycles. The maximum Gasteiger partial charge on any atom is 0.235 e. The number of hydrogen-bond acceptors (Lipinski definition) is 6. The number of benzene rings is 1. The van der Waals surface area contributed by atoms with E-state index in [1.54, 1.807) is 22.7 Å². The van der Waals surface area contributed by atoms with Gasteiger partial charge in [0.2, 0.25) is 5.91 Å². The van der Waals surface area contributed by atoms with Crippen molar-refractivity contribution in [1.29, 1.82) is 0 Å². The van der Waals surface area contributed by atoms with Crippen LogP contribution in [0.5, 0.6) is 5.75 Å². The van der Waals surface area contributed by atoms with Gasteiger partial charge in [-0.2, -0.15) is 0 Å². The number of halogens is 2. The molecule has 1 fully saturated rings. The lowest BCUT2D eigenvalue weighted by molar-refractivity contribution is -0.119. The van der Waals surface area contributed by atoms with E-state index in [0.29, 0.717) is 40.2 Å². The molecule has 0 bridgehead atoms.